The highest BCUT2D eigenvalue weighted by molar-refractivity contribution is 5.79. The van der Waals surface area contributed by atoms with Crippen molar-refractivity contribution in [2.24, 2.45) is 5.92 Å². The predicted molar refractivity (Wildman–Crippen MR) is 113 cm³/mol. The van der Waals surface area contributed by atoms with Gasteiger partial charge in [-0.1, -0.05) is 13.8 Å². The van der Waals surface area contributed by atoms with Crippen LogP contribution in [0.25, 0.3) is 5.65 Å². The van der Waals surface area contributed by atoms with Crippen LogP contribution in [0, 0.1) is 5.92 Å². The molecule has 2 amide bonds. The third kappa shape index (κ3) is 3.52. The zero-order valence-electron chi connectivity index (χ0n) is 18.1. The normalized spacial score (nSPS) is 19.4. The van der Waals surface area contributed by atoms with Crippen molar-refractivity contribution in [3.8, 4) is 0 Å². The zero-order chi connectivity index (χ0) is 21.4. The van der Waals surface area contributed by atoms with E-state index in [1.807, 2.05) is 11.0 Å². The average molecular weight is 414 g/mol. The second kappa shape index (κ2) is 8.24. The van der Waals surface area contributed by atoms with E-state index in [1.165, 1.54) is 11.4 Å². The number of aromatic nitrogens is 3. The number of rotatable bonds is 4. The van der Waals surface area contributed by atoms with Gasteiger partial charge in [0.15, 0.2) is 5.65 Å². The first kappa shape index (κ1) is 20.6. The van der Waals surface area contributed by atoms with E-state index in [0.717, 1.165) is 50.0 Å². The molecule has 8 heteroatoms. The zero-order valence-corrected chi connectivity index (χ0v) is 18.1. The molecule has 8 nitrogen and oxygen atoms in total. The van der Waals surface area contributed by atoms with Crippen molar-refractivity contribution in [2.75, 3.05) is 13.1 Å². The minimum Gasteiger partial charge on any atom is -0.338 e. The second-order valence-corrected chi connectivity index (χ2v) is 8.49. The molecular weight excluding hydrogens is 382 g/mol. The molecule has 0 saturated carbocycles. The minimum atomic E-state index is -0.152. The first-order valence-corrected chi connectivity index (χ1v) is 11.1. The van der Waals surface area contributed by atoms with Crippen LogP contribution in [0.5, 0.6) is 0 Å². The number of piperidine rings is 1. The molecule has 2 aliphatic heterocycles. The first-order chi connectivity index (χ1) is 14.4. The molecule has 4 rings (SSSR count). The van der Waals surface area contributed by atoms with Crippen LogP contribution in [-0.4, -0.2) is 49.3 Å². The Kier molecular flexibility index (Phi) is 5.66. The smallest absolute Gasteiger partial charge is 0.277 e. The fraction of sp³-hybridized carbons (Fsp3) is 0.636. The van der Waals surface area contributed by atoms with Gasteiger partial charge >= 0.3 is 0 Å². The molecule has 0 aromatic carbocycles. The summed E-state index contributed by atoms with van der Waals surface area (Å²) in [6, 6.07) is 1.86. The van der Waals surface area contributed by atoms with Gasteiger partial charge in [0, 0.05) is 38.4 Å². The Hall–Kier alpha value is -2.64. The maximum Gasteiger partial charge on any atom is 0.277 e. The Morgan fingerprint density at radius 1 is 1.23 bits per heavy atom. The summed E-state index contributed by atoms with van der Waals surface area (Å²) in [5, 5.41) is 3.23. The number of carbonyl (C=O) groups excluding carboxylic acids is 2. The monoisotopic (exact) mass is 413 g/mol. The van der Waals surface area contributed by atoms with Crippen molar-refractivity contribution in [3.63, 3.8) is 0 Å². The van der Waals surface area contributed by atoms with Crippen molar-refractivity contribution in [1.82, 2.24) is 24.4 Å². The van der Waals surface area contributed by atoms with Gasteiger partial charge in [0.1, 0.15) is 0 Å². The van der Waals surface area contributed by atoms with Crippen molar-refractivity contribution < 1.29 is 9.59 Å². The summed E-state index contributed by atoms with van der Waals surface area (Å²) in [6.45, 7) is 7.29. The SMILES string of the molecule is CCC(CC)C(=O)N1CCCCC1c1cc2nc3c(c(=O)n2[nH]1)CN(C(C)=O)CC3. The van der Waals surface area contributed by atoms with Crippen LogP contribution < -0.4 is 5.56 Å². The van der Waals surface area contributed by atoms with E-state index in [2.05, 4.69) is 18.9 Å². The number of carbonyl (C=O) groups is 2. The molecule has 30 heavy (non-hydrogen) atoms. The van der Waals surface area contributed by atoms with Crippen LogP contribution in [-0.2, 0) is 22.6 Å². The third-order valence-electron chi connectivity index (χ3n) is 6.71. The molecular formula is C22H31N5O3. The number of H-pyrrole nitrogens is 1. The van der Waals surface area contributed by atoms with E-state index in [0.29, 0.717) is 30.7 Å². The summed E-state index contributed by atoms with van der Waals surface area (Å²) >= 11 is 0. The van der Waals surface area contributed by atoms with Crippen molar-refractivity contribution in [2.45, 2.75) is 71.9 Å². The molecule has 2 aromatic heterocycles. The quantitative estimate of drug-likeness (QED) is 0.833. The minimum absolute atomic E-state index is 0.0323. The molecule has 0 bridgehead atoms. The highest BCUT2D eigenvalue weighted by atomic mass is 16.2. The highest BCUT2D eigenvalue weighted by Crippen LogP contribution is 2.32. The Bertz CT molecular complexity index is 1020. The lowest BCUT2D eigenvalue weighted by Gasteiger charge is -2.37. The van der Waals surface area contributed by atoms with E-state index < -0.39 is 0 Å². The van der Waals surface area contributed by atoms with Gasteiger partial charge < -0.3 is 9.80 Å². The molecule has 4 heterocycles. The lowest BCUT2D eigenvalue weighted by molar-refractivity contribution is -0.139. The maximum absolute atomic E-state index is 13.1. The standard InChI is InChI=1S/C22H31N5O3/c1-4-15(5-2)21(29)26-10-7-6-8-19(26)18-12-20-23-17-9-11-25(14(3)28)13-16(17)22(30)27(20)24-18/h12,15,19,24H,4-11,13H2,1-3H3. The number of fused-ring (bicyclic) bond motifs is 2. The number of likely N-dealkylation sites (tertiary alicyclic amines) is 1. The van der Waals surface area contributed by atoms with E-state index >= 15 is 0 Å². The Morgan fingerprint density at radius 2 is 2.00 bits per heavy atom. The summed E-state index contributed by atoms with van der Waals surface area (Å²) in [7, 11) is 0. The van der Waals surface area contributed by atoms with E-state index in [9.17, 15) is 14.4 Å². The predicted octanol–water partition coefficient (Wildman–Crippen LogP) is 2.42. The molecule has 2 aliphatic rings. The van der Waals surface area contributed by atoms with Gasteiger partial charge in [-0.05, 0) is 32.1 Å². The van der Waals surface area contributed by atoms with Crippen LogP contribution in [0.4, 0.5) is 0 Å². The number of hydrogen-bond acceptors (Lipinski definition) is 4. The fourth-order valence-corrected chi connectivity index (χ4v) is 4.83. The van der Waals surface area contributed by atoms with Gasteiger partial charge in [0.25, 0.3) is 5.56 Å². The molecule has 162 valence electrons. The molecule has 0 radical (unpaired) electrons. The van der Waals surface area contributed by atoms with E-state index in [-0.39, 0.29) is 29.3 Å². The van der Waals surface area contributed by atoms with Crippen molar-refractivity contribution in [3.05, 3.63) is 33.4 Å². The molecule has 0 spiro atoms. The molecule has 0 aliphatic carbocycles. The number of amides is 2. The van der Waals surface area contributed by atoms with Gasteiger partial charge in [-0.3, -0.25) is 19.5 Å². The Labute approximate surface area is 176 Å². The number of nitrogens with one attached hydrogen (secondary N) is 1. The summed E-state index contributed by atoms with van der Waals surface area (Å²) in [6.07, 6.45) is 5.21. The van der Waals surface area contributed by atoms with Crippen LogP contribution in [0.15, 0.2) is 10.9 Å². The summed E-state index contributed by atoms with van der Waals surface area (Å²) < 4.78 is 1.48. The van der Waals surface area contributed by atoms with Crippen LogP contribution in [0.2, 0.25) is 0 Å². The van der Waals surface area contributed by atoms with Gasteiger partial charge in [0.05, 0.1) is 29.5 Å². The highest BCUT2D eigenvalue weighted by Gasteiger charge is 2.33. The van der Waals surface area contributed by atoms with Crippen LogP contribution in [0.3, 0.4) is 0 Å². The Morgan fingerprint density at radius 3 is 2.70 bits per heavy atom. The van der Waals surface area contributed by atoms with E-state index in [1.54, 1.807) is 4.90 Å². The van der Waals surface area contributed by atoms with Crippen molar-refractivity contribution in [1.29, 1.82) is 0 Å². The lowest BCUT2D eigenvalue weighted by atomic mass is 9.95. The van der Waals surface area contributed by atoms with Gasteiger partial charge in [-0.25, -0.2) is 9.50 Å². The first-order valence-electron chi connectivity index (χ1n) is 11.1. The van der Waals surface area contributed by atoms with Gasteiger partial charge in [-0.2, -0.15) is 0 Å². The molecule has 1 atom stereocenters. The lowest BCUT2D eigenvalue weighted by Crippen LogP contribution is -2.42. The van der Waals surface area contributed by atoms with Crippen molar-refractivity contribution >= 4 is 17.5 Å². The molecule has 1 unspecified atom stereocenters. The third-order valence-corrected chi connectivity index (χ3v) is 6.71. The van der Waals surface area contributed by atoms with Crippen LogP contribution in [0.1, 0.15) is 75.9 Å². The summed E-state index contributed by atoms with van der Waals surface area (Å²) in [5.74, 6) is 0.218. The average Bonchev–Trinajstić information content (AvgIpc) is 3.18. The summed E-state index contributed by atoms with van der Waals surface area (Å²) in [4.78, 5) is 46.4. The molecule has 1 N–H and O–H groups in total. The number of hydrogen-bond donors (Lipinski definition) is 1. The molecule has 2 aromatic rings. The van der Waals surface area contributed by atoms with E-state index in [4.69, 9.17) is 4.98 Å². The largest absolute Gasteiger partial charge is 0.338 e. The topological polar surface area (TPSA) is 90.8 Å². The second-order valence-electron chi connectivity index (χ2n) is 8.49. The summed E-state index contributed by atoms with van der Waals surface area (Å²) in [5.41, 5.74) is 2.66. The van der Waals surface area contributed by atoms with Gasteiger partial charge in [-0.15, -0.1) is 0 Å². The van der Waals surface area contributed by atoms with Crippen LogP contribution >= 0.6 is 0 Å². The molecule has 1 fully saturated rings. The molecule has 1 saturated heterocycles. The van der Waals surface area contributed by atoms with Gasteiger partial charge in [0.2, 0.25) is 11.8 Å². The number of nitrogens with zero attached hydrogens (tertiary/aromatic N) is 4. The fourth-order valence-electron chi connectivity index (χ4n) is 4.83. The number of aromatic amines is 1. The maximum atomic E-state index is 13.1. The Balaban J connectivity index is 1.71.